The highest BCUT2D eigenvalue weighted by molar-refractivity contribution is 5.12. The molecule has 1 aromatic rings. The van der Waals surface area contributed by atoms with Crippen LogP contribution in [-0.2, 0) is 6.42 Å². The summed E-state index contributed by atoms with van der Waals surface area (Å²) in [6.07, 6.45) is 7.24. The third kappa shape index (κ3) is 2.88. The van der Waals surface area contributed by atoms with E-state index >= 15 is 0 Å². The molecule has 0 aromatic carbocycles. The maximum absolute atomic E-state index is 5.78. The zero-order valence-electron chi connectivity index (χ0n) is 11.4. The molecule has 2 heterocycles. The van der Waals surface area contributed by atoms with Crippen molar-refractivity contribution in [2.45, 2.75) is 44.7 Å². The largest absolute Gasteiger partial charge is 0.297 e. The van der Waals surface area contributed by atoms with Gasteiger partial charge in [-0.05, 0) is 57.8 Å². The number of hydrogen-bond acceptors (Lipinski definition) is 4. The lowest BCUT2D eigenvalue weighted by atomic mass is 9.88. The lowest BCUT2D eigenvalue weighted by Crippen LogP contribution is -2.59. The molecule has 1 aliphatic heterocycles. The Morgan fingerprint density at radius 3 is 2.72 bits per heavy atom. The smallest absolute Gasteiger partial charge is 0.0430 e. The summed E-state index contributed by atoms with van der Waals surface area (Å²) in [5.74, 6) is 5.78. The lowest BCUT2D eigenvalue weighted by molar-refractivity contribution is 0.106. The molecule has 0 amide bonds. The van der Waals surface area contributed by atoms with Gasteiger partial charge in [-0.2, -0.15) is 0 Å². The van der Waals surface area contributed by atoms with E-state index in [2.05, 4.69) is 35.2 Å². The molecule has 2 rings (SSSR count). The monoisotopic (exact) mass is 248 g/mol. The molecule has 1 saturated heterocycles. The summed E-state index contributed by atoms with van der Waals surface area (Å²) in [7, 11) is 0. The third-order valence-electron chi connectivity index (χ3n) is 4.14. The van der Waals surface area contributed by atoms with E-state index in [-0.39, 0.29) is 11.6 Å². The highest BCUT2D eigenvalue weighted by atomic mass is 15.3. The highest BCUT2D eigenvalue weighted by Crippen LogP contribution is 2.25. The van der Waals surface area contributed by atoms with Gasteiger partial charge in [-0.15, -0.1) is 0 Å². The number of aromatic nitrogens is 1. The average Bonchev–Trinajstić information content (AvgIpc) is 2.91. The maximum atomic E-state index is 5.78. The summed E-state index contributed by atoms with van der Waals surface area (Å²) in [5, 5.41) is 0. The van der Waals surface area contributed by atoms with Crippen LogP contribution in [0.5, 0.6) is 0 Å². The van der Waals surface area contributed by atoms with Crippen LogP contribution in [0.3, 0.4) is 0 Å². The SMILES string of the molecule is CC(C)(C(Cc1cccnc1)NN)N1CCCC1. The number of nitrogens with two attached hydrogens (primary N) is 1. The summed E-state index contributed by atoms with van der Waals surface area (Å²) in [5.41, 5.74) is 4.30. The van der Waals surface area contributed by atoms with Crippen molar-refractivity contribution in [3.05, 3.63) is 30.1 Å². The van der Waals surface area contributed by atoms with E-state index in [4.69, 9.17) is 5.84 Å². The number of hydrazine groups is 1. The van der Waals surface area contributed by atoms with E-state index in [0.29, 0.717) is 0 Å². The fourth-order valence-electron chi connectivity index (χ4n) is 2.78. The van der Waals surface area contributed by atoms with Crippen molar-refractivity contribution < 1.29 is 0 Å². The summed E-state index contributed by atoms with van der Waals surface area (Å²) >= 11 is 0. The second-order valence-electron chi connectivity index (χ2n) is 5.63. The predicted molar refractivity (Wildman–Crippen MR) is 73.9 cm³/mol. The fraction of sp³-hybridized carbons (Fsp3) is 0.643. The Balaban J connectivity index is 2.07. The Bertz CT molecular complexity index is 357. The van der Waals surface area contributed by atoms with Gasteiger partial charge >= 0.3 is 0 Å². The van der Waals surface area contributed by atoms with Gasteiger partial charge in [0.25, 0.3) is 0 Å². The molecule has 3 N–H and O–H groups in total. The van der Waals surface area contributed by atoms with Gasteiger partial charge in [0.15, 0.2) is 0 Å². The molecular weight excluding hydrogens is 224 g/mol. The highest BCUT2D eigenvalue weighted by Gasteiger charge is 2.36. The quantitative estimate of drug-likeness (QED) is 0.610. The van der Waals surface area contributed by atoms with E-state index in [0.717, 1.165) is 6.42 Å². The summed E-state index contributed by atoms with van der Waals surface area (Å²) in [6, 6.07) is 4.32. The summed E-state index contributed by atoms with van der Waals surface area (Å²) < 4.78 is 0. The van der Waals surface area contributed by atoms with Crippen LogP contribution >= 0.6 is 0 Å². The van der Waals surface area contributed by atoms with Crippen LogP contribution in [0, 0.1) is 0 Å². The molecular formula is C14H24N4. The van der Waals surface area contributed by atoms with Crippen LogP contribution in [0.1, 0.15) is 32.3 Å². The number of pyridine rings is 1. The fourth-order valence-corrected chi connectivity index (χ4v) is 2.78. The van der Waals surface area contributed by atoms with Gasteiger partial charge in [-0.1, -0.05) is 6.07 Å². The number of likely N-dealkylation sites (tertiary alicyclic amines) is 1. The first-order chi connectivity index (χ1) is 8.64. The van der Waals surface area contributed by atoms with Gasteiger partial charge in [0, 0.05) is 24.0 Å². The van der Waals surface area contributed by atoms with E-state index in [1.165, 1.54) is 31.5 Å². The minimum absolute atomic E-state index is 0.0705. The molecule has 1 unspecified atom stereocenters. The Morgan fingerprint density at radius 1 is 1.44 bits per heavy atom. The van der Waals surface area contributed by atoms with Crippen LogP contribution < -0.4 is 11.3 Å². The minimum atomic E-state index is 0.0705. The molecule has 100 valence electrons. The molecule has 1 aliphatic rings. The molecule has 1 atom stereocenters. The predicted octanol–water partition coefficient (Wildman–Crippen LogP) is 1.33. The summed E-state index contributed by atoms with van der Waals surface area (Å²) in [6.45, 7) is 6.91. The maximum Gasteiger partial charge on any atom is 0.0430 e. The van der Waals surface area contributed by atoms with Gasteiger partial charge in [-0.25, -0.2) is 0 Å². The Kier molecular flexibility index (Phi) is 4.32. The number of hydrogen-bond donors (Lipinski definition) is 2. The second-order valence-corrected chi connectivity index (χ2v) is 5.63. The standard InChI is InChI=1S/C14H24N4/c1-14(2,18-8-3-4-9-18)13(17-15)10-12-6-5-7-16-11-12/h5-7,11,13,17H,3-4,8-10,15H2,1-2H3. The first kappa shape index (κ1) is 13.5. The molecule has 0 aliphatic carbocycles. The van der Waals surface area contributed by atoms with Gasteiger partial charge < -0.3 is 0 Å². The lowest BCUT2D eigenvalue weighted by Gasteiger charge is -2.42. The summed E-state index contributed by atoms with van der Waals surface area (Å²) in [4.78, 5) is 6.71. The van der Waals surface area contributed by atoms with Crippen LogP contribution in [0.2, 0.25) is 0 Å². The van der Waals surface area contributed by atoms with Crippen LogP contribution in [0.4, 0.5) is 0 Å². The molecule has 0 saturated carbocycles. The van der Waals surface area contributed by atoms with Crippen molar-refractivity contribution in [3.8, 4) is 0 Å². The molecule has 0 radical (unpaired) electrons. The number of rotatable bonds is 5. The van der Waals surface area contributed by atoms with Crippen molar-refractivity contribution in [1.82, 2.24) is 15.3 Å². The van der Waals surface area contributed by atoms with Gasteiger partial charge in [0.2, 0.25) is 0 Å². The van der Waals surface area contributed by atoms with Crippen LogP contribution in [0.15, 0.2) is 24.5 Å². The van der Waals surface area contributed by atoms with E-state index in [1.54, 1.807) is 6.20 Å². The van der Waals surface area contributed by atoms with Crippen molar-refractivity contribution in [1.29, 1.82) is 0 Å². The van der Waals surface area contributed by atoms with Crippen molar-refractivity contribution >= 4 is 0 Å². The zero-order valence-corrected chi connectivity index (χ0v) is 11.4. The molecule has 18 heavy (non-hydrogen) atoms. The average molecular weight is 248 g/mol. The van der Waals surface area contributed by atoms with Gasteiger partial charge in [-0.3, -0.25) is 21.2 Å². The van der Waals surface area contributed by atoms with Crippen molar-refractivity contribution in [3.63, 3.8) is 0 Å². The van der Waals surface area contributed by atoms with E-state index < -0.39 is 0 Å². The molecule has 1 fully saturated rings. The third-order valence-corrected chi connectivity index (χ3v) is 4.14. The van der Waals surface area contributed by atoms with Crippen LogP contribution in [-0.4, -0.2) is 34.6 Å². The first-order valence-electron chi connectivity index (χ1n) is 6.74. The van der Waals surface area contributed by atoms with Crippen molar-refractivity contribution in [2.24, 2.45) is 5.84 Å². The Labute approximate surface area is 110 Å². The molecule has 4 heteroatoms. The van der Waals surface area contributed by atoms with E-state index in [1.807, 2.05) is 12.3 Å². The molecule has 1 aromatic heterocycles. The normalized spacial score (nSPS) is 19.1. The van der Waals surface area contributed by atoms with Crippen LogP contribution in [0.25, 0.3) is 0 Å². The molecule has 0 spiro atoms. The second kappa shape index (κ2) is 5.78. The molecule has 0 bridgehead atoms. The van der Waals surface area contributed by atoms with E-state index in [9.17, 15) is 0 Å². The van der Waals surface area contributed by atoms with Crippen molar-refractivity contribution in [2.75, 3.05) is 13.1 Å². The Hall–Kier alpha value is -0.970. The Morgan fingerprint density at radius 2 is 2.17 bits per heavy atom. The first-order valence-corrected chi connectivity index (χ1v) is 6.74. The minimum Gasteiger partial charge on any atom is -0.297 e. The topological polar surface area (TPSA) is 54.2 Å². The number of nitrogens with one attached hydrogen (secondary N) is 1. The zero-order chi connectivity index (χ0) is 13.0. The molecule has 4 nitrogen and oxygen atoms in total. The van der Waals surface area contributed by atoms with Gasteiger partial charge in [0.05, 0.1) is 0 Å². The number of nitrogens with zero attached hydrogens (tertiary/aromatic N) is 2. The van der Waals surface area contributed by atoms with Gasteiger partial charge in [0.1, 0.15) is 0 Å².